The number of fused-ring (bicyclic) bond motifs is 1. The third kappa shape index (κ3) is 2.96. The van der Waals surface area contributed by atoms with Crippen LogP contribution in [-0.4, -0.2) is 25.3 Å². The predicted octanol–water partition coefficient (Wildman–Crippen LogP) is 2.03. The van der Waals surface area contributed by atoms with E-state index in [-0.39, 0.29) is 0 Å². The van der Waals surface area contributed by atoms with Gasteiger partial charge in [0.25, 0.3) is 0 Å². The quantitative estimate of drug-likeness (QED) is 0.868. The molecule has 3 rings (SSSR count). The van der Waals surface area contributed by atoms with E-state index >= 15 is 0 Å². The molecule has 19 heavy (non-hydrogen) atoms. The van der Waals surface area contributed by atoms with Gasteiger partial charge in [-0.05, 0) is 30.7 Å². The molecule has 0 saturated carbocycles. The monoisotopic (exact) mass is 256 g/mol. The number of quaternary nitrogens is 1. The maximum Gasteiger partial charge on any atom is 0.104 e. The fourth-order valence-corrected chi connectivity index (χ4v) is 3.17. The number of ether oxygens (including phenoxy) is 1. The summed E-state index contributed by atoms with van der Waals surface area (Å²) < 4.78 is 5.80. The molecule has 2 nitrogen and oxygen atoms in total. The van der Waals surface area contributed by atoms with E-state index in [9.17, 15) is 0 Å². The topological polar surface area (TPSA) is 13.7 Å². The van der Waals surface area contributed by atoms with Crippen molar-refractivity contribution in [3.05, 3.63) is 48.0 Å². The third-order valence-electron chi connectivity index (χ3n) is 3.88. The molecule has 0 unspecified atom stereocenters. The summed E-state index contributed by atoms with van der Waals surface area (Å²) in [6.07, 6.45) is 0.749. The lowest BCUT2D eigenvalue weighted by molar-refractivity contribution is -0.928. The van der Waals surface area contributed by atoms with Gasteiger partial charge in [-0.3, -0.25) is 0 Å². The Bertz CT molecular complexity index is 556. The van der Waals surface area contributed by atoms with Gasteiger partial charge >= 0.3 is 0 Å². The summed E-state index contributed by atoms with van der Waals surface area (Å²) in [5, 5.41) is 2.67. The van der Waals surface area contributed by atoms with Crippen molar-refractivity contribution in [2.75, 3.05) is 13.1 Å². The lowest BCUT2D eigenvalue weighted by Gasteiger charge is -2.32. The number of hydrogen-bond donors (Lipinski definition) is 1. The van der Waals surface area contributed by atoms with Gasteiger partial charge in [-0.1, -0.05) is 36.4 Å². The van der Waals surface area contributed by atoms with E-state index in [1.807, 2.05) is 0 Å². The number of nitrogens with one attached hydrogen (secondary N) is 1. The summed E-state index contributed by atoms with van der Waals surface area (Å²) in [5.74, 6) is 0. The highest BCUT2D eigenvalue weighted by molar-refractivity contribution is 5.82. The molecule has 2 atom stereocenters. The minimum absolute atomic E-state index is 0.374. The molecule has 0 aliphatic carbocycles. The summed E-state index contributed by atoms with van der Waals surface area (Å²) in [6.45, 7) is 7.67. The Morgan fingerprint density at radius 3 is 2.42 bits per heavy atom. The lowest BCUT2D eigenvalue weighted by Crippen LogP contribution is -3.14. The van der Waals surface area contributed by atoms with E-state index in [4.69, 9.17) is 4.74 Å². The van der Waals surface area contributed by atoms with Crippen molar-refractivity contribution in [3.63, 3.8) is 0 Å². The van der Waals surface area contributed by atoms with Gasteiger partial charge in [0.2, 0.25) is 0 Å². The van der Waals surface area contributed by atoms with Crippen LogP contribution in [0.1, 0.15) is 19.4 Å². The first kappa shape index (κ1) is 12.6. The molecular formula is C17H22NO+. The van der Waals surface area contributed by atoms with Crippen molar-refractivity contribution in [1.82, 2.24) is 0 Å². The van der Waals surface area contributed by atoms with Crippen molar-refractivity contribution >= 4 is 10.8 Å². The molecule has 1 aliphatic heterocycles. The molecule has 1 N–H and O–H groups in total. The van der Waals surface area contributed by atoms with E-state index in [0.29, 0.717) is 12.2 Å². The van der Waals surface area contributed by atoms with Gasteiger partial charge < -0.3 is 9.64 Å². The summed E-state index contributed by atoms with van der Waals surface area (Å²) >= 11 is 0. The minimum Gasteiger partial charge on any atom is -0.364 e. The van der Waals surface area contributed by atoms with Crippen LogP contribution in [-0.2, 0) is 11.3 Å². The molecule has 2 aromatic rings. The van der Waals surface area contributed by atoms with E-state index in [1.54, 1.807) is 4.90 Å². The Balaban J connectivity index is 1.77. The number of benzene rings is 2. The van der Waals surface area contributed by atoms with Gasteiger partial charge in [-0.25, -0.2) is 0 Å². The van der Waals surface area contributed by atoms with Gasteiger partial charge in [-0.15, -0.1) is 0 Å². The summed E-state index contributed by atoms with van der Waals surface area (Å²) in [5.41, 5.74) is 1.43. The summed E-state index contributed by atoms with van der Waals surface area (Å²) in [4.78, 5) is 1.63. The Morgan fingerprint density at radius 1 is 1.00 bits per heavy atom. The Labute approximate surface area is 115 Å². The predicted molar refractivity (Wildman–Crippen MR) is 78.4 cm³/mol. The first-order valence-electron chi connectivity index (χ1n) is 7.17. The highest BCUT2D eigenvalue weighted by atomic mass is 16.5. The van der Waals surface area contributed by atoms with Crippen molar-refractivity contribution < 1.29 is 9.64 Å². The zero-order valence-electron chi connectivity index (χ0n) is 11.7. The van der Waals surface area contributed by atoms with Crippen molar-refractivity contribution in [3.8, 4) is 0 Å². The molecule has 1 aliphatic rings. The normalized spacial score (nSPS) is 27.6. The second-order valence-corrected chi connectivity index (χ2v) is 5.77. The summed E-state index contributed by atoms with van der Waals surface area (Å²) in [7, 11) is 0. The van der Waals surface area contributed by atoms with Gasteiger partial charge in [-0.2, -0.15) is 0 Å². The van der Waals surface area contributed by atoms with Crippen LogP contribution < -0.4 is 4.90 Å². The maximum atomic E-state index is 5.80. The van der Waals surface area contributed by atoms with Crippen LogP contribution in [0.3, 0.4) is 0 Å². The molecule has 1 fully saturated rings. The lowest BCUT2D eigenvalue weighted by atomic mass is 10.1. The van der Waals surface area contributed by atoms with E-state index in [2.05, 4.69) is 56.3 Å². The van der Waals surface area contributed by atoms with Crippen LogP contribution in [0.5, 0.6) is 0 Å². The van der Waals surface area contributed by atoms with Crippen LogP contribution in [0.15, 0.2) is 42.5 Å². The fraction of sp³-hybridized carbons (Fsp3) is 0.412. The highest BCUT2D eigenvalue weighted by Gasteiger charge is 2.25. The zero-order chi connectivity index (χ0) is 13.2. The molecule has 0 bridgehead atoms. The van der Waals surface area contributed by atoms with Crippen LogP contribution in [0.25, 0.3) is 10.8 Å². The van der Waals surface area contributed by atoms with E-state index in [1.165, 1.54) is 16.3 Å². The maximum absolute atomic E-state index is 5.80. The Kier molecular flexibility index (Phi) is 3.54. The number of morpholine rings is 1. The standard InChI is InChI=1S/C17H21NO/c1-13-10-18(11-14(2)19-13)12-15-7-8-16-5-3-4-6-17(16)9-15/h3-9,13-14H,10-12H2,1-2H3/p+1/t13-,14-/m1/s1. The molecule has 2 aromatic carbocycles. The molecule has 0 amide bonds. The molecule has 1 saturated heterocycles. The van der Waals surface area contributed by atoms with Crippen molar-refractivity contribution in [2.24, 2.45) is 0 Å². The van der Waals surface area contributed by atoms with E-state index in [0.717, 1.165) is 19.6 Å². The molecule has 100 valence electrons. The first-order chi connectivity index (χ1) is 9.20. The smallest absolute Gasteiger partial charge is 0.104 e. The van der Waals surface area contributed by atoms with Crippen LogP contribution in [0.4, 0.5) is 0 Å². The second-order valence-electron chi connectivity index (χ2n) is 5.77. The minimum atomic E-state index is 0.374. The van der Waals surface area contributed by atoms with Gasteiger partial charge in [0.15, 0.2) is 0 Å². The molecule has 1 heterocycles. The van der Waals surface area contributed by atoms with E-state index < -0.39 is 0 Å². The third-order valence-corrected chi connectivity index (χ3v) is 3.88. The average molecular weight is 256 g/mol. The summed E-state index contributed by atoms with van der Waals surface area (Å²) in [6, 6.07) is 15.4. The van der Waals surface area contributed by atoms with Crippen molar-refractivity contribution in [2.45, 2.75) is 32.6 Å². The SMILES string of the molecule is C[C@@H]1C[NH+](Cc2ccc3ccccc3c2)C[C@@H](C)O1. The highest BCUT2D eigenvalue weighted by Crippen LogP contribution is 2.15. The largest absolute Gasteiger partial charge is 0.364 e. The number of hydrogen-bond acceptors (Lipinski definition) is 1. The van der Waals surface area contributed by atoms with Crippen LogP contribution >= 0.6 is 0 Å². The van der Waals surface area contributed by atoms with Crippen molar-refractivity contribution in [1.29, 1.82) is 0 Å². The first-order valence-corrected chi connectivity index (χ1v) is 7.17. The Hall–Kier alpha value is -1.38. The molecular weight excluding hydrogens is 234 g/mol. The number of rotatable bonds is 2. The molecule has 2 heteroatoms. The molecule has 0 radical (unpaired) electrons. The van der Waals surface area contributed by atoms with Gasteiger partial charge in [0.05, 0.1) is 0 Å². The van der Waals surface area contributed by atoms with Crippen LogP contribution in [0, 0.1) is 0 Å². The Morgan fingerprint density at radius 2 is 1.68 bits per heavy atom. The molecule has 0 spiro atoms. The van der Waals surface area contributed by atoms with Crippen LogP contribution in [0.2, 0.25) is 0 Å². The fourth-order valence-electron chi connectivity index (χ4n) is 3.17. The zero-order valence-corrected chi connectivity index (χ0v) is 11.7. The average Bonchev–Trinajstić information content (AvgIpc) is 2.37. The second kappa shape index (κ2) is 5.32. The van der Waals surface area contributed by atoms with Gasteiger partial charge in [0.1, 0.15) is 31.8 Å². The molecule has 0 aromatic heterocycles. The van der Waals surface area contributed by atoms with Gasteiger partial charge in [0, 0.05) is 5.56 Å².